The van der Waals surface area contributed by atoms with E-state index in [0.717, 1.165) is 12.8 Å². The minimum absolute atomic E-state index is 0.407. The van der Waals surface area contributed by atoms with E-state index in [-0.39, 0.29) is 0 Å². The van der Waals surface area contributed by atoms with Crippen molar-refractivity contribution in [2.24, 2.45) is 0 Å². The van der Waals surface area contributed by atoms with Crippen molar-refractivity contribution in [3.05, 3.63) is 0 Å². The van der Waals surface area contributed by atoms with Gasteiger partial charge in [-0.25, -0.2) is 0 Å². The maximum absolute atomic E-state index is 10.9. The number of carbonyl (C=O) groups excluding carboxylic acids is 1. The monoisotopic (exact) mass is 158 g/mol. The molecule has 0 aromatic carbocycles. The third kappa shape index (κ3) is 2.33. The predicted molar refractivity (Wildman–Crippen MR) is 45.1 cm³/mol. The van der Waals surface area contributed by atoms with Crippen molar-refractivity contribution < 1.29 is 4.79 Å². The highest BCUT2D eigenvalue weighted by molar-refractivity contribution is 8.14. The van der Waals surface area contributed by atoms with E-state index in [4.69, 9.17) is 0 Å². The Morgan fingerprint density at radius 2 is 2.50 bits per heavy atom. The second-order valence-corrected chi connectivity index (χ2v) is 4.15. The average Bonchev–Trinajstić information content (AvgIpc) is 1.88. The Bertz CT molecular complexity index is 120. The molecule has 0 N–H and O–H groups in total. The molecule has 1 saturated heterocycles. The summed E-state index contributed by atoms with van der Waals surface area (Å²) in [7, 11) is 0. The maximum Gasteiger partial charge on any atom is 0.189 e. The zero-order valence-corrected chi connectivity index (χ0v) is 7.25. The molecule has 1 nitrogen and oxygen atoms in total. The van der Waals surface area contributed by atoms with Crippen molar-refractivity contribution in [2.45, 2.75) is 44.3 Å². The highest BCUT2D eigenvalue weighted by Gasteiger charge is 2.18. The first-order valence-electron chi connectivity index (χ1n) is 4.02. The number of thioether (sulfide) groups is 1. The van der Waals surface area contributed by atoms with Crippen molar-refractivity contribution in [3.63, 3.8) is 0 Å². The van der Waals surface area contributed by atoms with Gasteiger partial charge in [-0.15, -0.1) is 0 Å². The van der Waals surface area contributed by atoms with Gasteiger partial charge in [0.15, 0.2) is 5.12 Å². The normalized spacial score (nSPS) is 26.9. The fourth-order valence-electron chi connectivity index (χ4n) is 1.30. The van der Waals surface area contributed by atoms with E-state index in [9.17, 15) is 4.79 Å². The molecule has 1 heterocycles. The van der Waals surface area contributed by atoms with Crippen molar-refractivity contribution in [1.82, 2.24) is 0 Å². The van der Waals surface area contributed by atoms with Crippen LogP contribution in [0.5, 0.6) is 0 Å². The molecule has 2 heteroatoms. The minimum atomic E-state index is 0.407. The summed E-state index contributed by atoms with van der Waals surface area (Å²) in [5, 5.41) is 1.05. The van der Waals surface area contributed by atoms with Crippen LogP contribution in [0.4, 0.5) is 0 Å². The Morgan fingerprint density at radius 3 is 3.10 bits per heavy atom. The summed E-state index contributed by atoms with van der Waals surface area (Å²) in [6, 6.07) is 0. The van der Waals surface area contributed by atoms with E-state index in [1.807, 2.05) is 0 Å². The van der Waals surface area contributed by atoms with Crippen molar-refractivity contribution in [2.75, 3.05) is 0 Å². The van der Waals surface area contributed by atoms with Crippen LogP contribution >= 0.6 is 11.8 Å². The summed E-state index contributed by atoms with van der Waals surface area (Å²) < 4.78 is 0. The Balaban J connectivity index is 2.25. The fraction of sp³-hybridized carbons (Fsp3) is 0.875. The summed E-state index contributed by atoms with van der Waals surface area (Å²) in [6.07, 6.45) is 5.62. The minimum Gasteiger partial charge on any atom is -0.287 e. The van der Waals surface area contributed by atoms with Crippen LogP contribution < -0.4 is 0 Å². The van der Waals surface area contributed by atoms with Gasteiger partial charge in [-0.05, 0) is 19.3 Å². The van der Waals surface area contributed by atoms with Crippen LogP contribution in [0.2, 0.25) is 0 Å². The Labute approximate surface area is 66.6 Å². The van der Waals surface area contributed by atoms with Gasteiger partial charge in [-0.3, -0.25) is 4.79 Å². The molecule has 10 heavy (non-hydrogen) atoms. The van der Waals surface area contributed by atoms with E-state index in [0.29, 0.717) is 10.4 Å². The molecular weight excluding hydrogens is 144 g/mol. The van der Waals surface area contributed by atoms with Gasteiger partial charge in [0.05, 0.1) is 0 Å². The molecular formula is C8H14OS. The van der Waals surface area contributed by atoms with Gasteiger partial charge in [-0.2, -0.15) is 0 Å². The van der Waals surface area contributed by atoms with Gasteiger partial charge in [0.25, 0.3) is 0 Å². The summed E-state index contributed by atoms with van der Waals surface area (Å²) in [4.78, 5) is 10.9. The van der Waals surface area contributed by atoms with E-state index in [1.165, 1.54) is 19.3 Å². The van der Waals surface area contributed by atoms with Crippen LogP contribution in [-0.2, 0) is 4.79 Å². The van der Waals surface area contributed by atoms with Gasteiger partial charge in [0, 0.05) is 11.7 Å². The molecule has 1 fully saturated rings. The zero-order chi connectivity index (χ0) is 7.40. The van der Waals surface area contributed by atoms with Gasteiger partial charge in [0.2, 0.25) is 0 Å². The van der Waals surface area contributed by atoms with Crippen LogP contribution in [0.3, 0.4) is 0 Å². The third-order valence-corrected chi connectivity index (χ3v) is 3.09. The molecule has 1 aliphatic heterocycles. The predicted octanol–water partition coefficient (Wildman–Crippen LogP) is 2.60. The molecule has 0 aromatic heterocycles. The zero-order valence-electron chi connectivity index (χ0n) is 6.43. The molecule has 0 amide bonds. The summed E-state index contributed by atoms with van der Waals surface area (Å²) >= 11 is 1.57. The highest BCUT2D eigenvalue weighted by Crippen LogP contribution is 2.29. The molecule has 1 unspecified atom stereocenters. The lowest BCUT2D eigenvalue weighted by atomic mass is 10.1. The molecule has 0 aromatic rings. The van der Waals surface area contributed by atoms with E-state index >= 15 is 0 Å². The average molecular weight is 158 g/mol. The van der Waals surface area contributed by atoms with Crippen LogP contribution in [0, 0.1) is 0 Å². The largest absolute Gasteiger partial charge is 0.287 e. The molecule has 1 atom stereocenters. The molecule has 0 radical (unpaired) electrons. The SMILES string of the molecule is CCCC1CCCC(=O)S1. The smallest absolute Gasteiger partial charge is 0.189 e. The first-order valence-corrected chi connectivity index (χ1v) is 4.90. The molecule has 0 saturated carbocycles. The molecule has 58 valence electrons. The lowest BCUT2D eigenvalue weighted by Crippen LogP contribution is -2.12. The van der Waals surface area contributed by atoms with Gasteiger partial charge in [0.1, 0.15) is 0 Å². The second-order valence-electron chi connectivity index (χ2n) is 2.79. The second kappa shape index (κ2) is 4.02. The Morgan fingerprint density at radius 1 is 1.70 bits per heavy atom. The van der Waals surface area contributed by atoms with Crippen molar-refractivity contribution in [3.8, 4) is 0 Å². The van der Waals surface area contributed by atoms with E-state index < -0.39 is 0 Å². The lowest BCUT2D eigenvalue weighted by Gasteiger charge is -2.18. The quantitative estimate of drug-likeness (QED) is 0.614. The number of rotatable bonds is 2. The molecule has 0 spiro atoms. The van der Waals surface area contributed by atoms with Crippen molar-refractivity contribution >= 4 is 16.9 Å². The highest BCUT2D eigenvalue weighted by atomic mass is 32.2. The Hall–Kier alpha value is 0.0200. The molecule has 0 bridgehead atoms. The number of hydrogen-bond donors (Lipinski definition) is 0. The van der Waals surface area contributed by atoms with Crippen LogP contribution in [-0.4, -0.2) is 10.4 Å². The van der Waals surface area contributed by atoms with Gasteiger partial charge < -0.3 is 0 Å². The van der Waals surface area contributed by atoms with Crippen LogP contribution in [0.15, 0.2) is 0 Å². The first-order chi connectivity index (χ1) is 4.83. The third-order valence-electron chi connectivity index (χ3n) is 1.82. The topological polar surface area (TPSA) is 17.1 Å². The summed E-state index contributed by atoms with van der Waals surface area (Å²) in [6.45, 7) is 2.18. The van der Waals surface area contributed by atoms with Gasteiger partial charge >= 0.3 is 0 Å². The molecule has 1 aliphatic rings. The molecule has 0 aliphatic carbocycles. The lowest BCUT2D eigenvalue weighted by molar-refractivity contribution is -0.111. The fourth-order valence-corrected chi connectivity index (χ4v) is 2.58. The van der Waals surface area contributed by atoms with Crippen LogP contribution in [0.1, 0.15) is 39.0 Å². The van der Waals surface area contributed by atoms with Gasteiger partial charge in [-0.1, -0.05) is 25.1 Å². The number of hydrogen-bond acceptors (Lipinski definition) is 2. The summed E-state index contributed by atoms with van der Waals surface area (Å²) in [5.41, 5.74) is 0. The number of carbonyl (C=O) groups is 1. The van der Waals surface area contributed by atoms with E-state index in [2.05, 4.69) is 6.92 Å². The molecule has 1 rings (SSSR count). The standard InChI is InChI=1S/C8H14OS/c1-2-4-7-5-3-6-8(9)10-7/h7H,2-6H2,1H3. The van der Waals surface area contributed by atoms with Crippen LogP contribution in [0.25, 0.3) is 0 Å². The first kappa shape index (κ1) is 8.12. The van der Waals surface area contributed by atoms with E-state index in [1.54, 1.807) is 11.8 Å². The summed E-state index contributed by atoms with van der Waals surface area (Å²) in [5.74, 6) is 0. The Kier molecular flexibility index (Phi) is 3.26. The van der Waals surface area contributed by atoms with Crippen molar-refractivity contribution in [1.29, 1.82) is 0 Å². The maximum atomic E-state index is 10.9.